The highest BCUT2D eigenvalue weighted by Gasteiger charge is 2.30. The van der Waals surface area contributed by atoms with E-state index in [0.29, 0.717) is 6.54 Å². The van der Waals surface area contributed by atoms with Gasteiger partial charge in [-0.3, -0.25) is 9.36 Å². The van der Waals surface area contributed by atoms with E-state index >= 15 is 0 Å². The van der Waals surface area contributed by atoms with Crippen LogP contribution in [0.4, 0.5) is 19.0 Å². The monoisotopic (exact) mass is 373 g/mol. The van der Waals surface area contributed by atoms with Crippen LogP contribution >= 0.6 is 0 Å². The highest BCUT2D eigenvalue weighted by atomic mass is 19.4. The molecule has 1 atom stereocenters. The molecule has 0 aliphatic rings. The van der Waals surface area contributed by atoms with Crippen molar-refractivity contribution in [2.75, 3.05) is 11.9 Å². The molecule has 27 heavy (non-hydrogen) atoms. The van der Waals surface area contributed by atoms with E-state index in [2.05, 4.69) is 10.3 Å². The Kier molecular flexibility index (Phi) is 5.30. The molecule has 3 rings (SSSR count). The van der Waals surface area contributed by atoms with Gasteiger partial charge in [0.15, 0.2) is 5.82 Å². The predicted octanol–water partition coefficient (Wildman–Crippen LogP) is 4.47. The Labute approximate surface area is 154 Å². The van der Waals surface area contributed by atoms with Crippen molar-refractivity contribution in [2.45, 2.75) is 19.0 Å². The molecule has 1 aromatic heterocycles. The lowest BCUT2D eigenvalue weighted by Crippen LogP contribution is -2.25. The van der Waals surface area contributed by atoms with Gasteiger partial charge >= 0.3 is 6.18 Å². The second kappa shape index (κ2) is 7.65. The number of hydrogen-bond donors (Lipinski definition) is 1. The Bertz CT molecular complexity index is 968. The van der Waals surface area contributed by atoms with Crippen molar-refractivity contribution in [2.24, 2.45) is 0 Å². The van der Waals surface area contributed by atoms with E-state index < -0.39 is 17.3 Å². The molecule has 0 amide bonds. The van der Waals surface area contributed by atoms with Crippen molar-refractivity contribution < 1.29 is 13.2 Å². The predicted molar refractivity (Wildman–Crippen MR) is 98.2 cm³/mol. The van der Waals surface area contributed by atoms with Crippen LogP contribution < -0.4 is 10.9 Å². The van der Waals surface area contributed by atoms with Crippen molar-refractivity contribution in [3.05, 3.63) is 88.5 Å². The summed E-state index contributed by atoms with van der Waals surface area (Å²) in [5.74, 6) is 0.229. The fourth-order valence-electron chi connectivity index (χ4n) is 2.72. The molecule has 0 aliphatic heterocycles. The average molecular weight is 373 g/mol. The lowest BCUT2D eigenvalue weighted by atomic mass is 10.0. The van der Waals surface area contributed by atoms with Gasteiger partial charge in [0.05, 0.1) is 5.56 Å². The number of nitrogens with one attached hydrogen (secondary N) is 1. The molecule has 140 valence electrons. The lowest BCUT2D eigenvalue weighted by Gasteiger charge is -2.14. The fourth-order valence-corrected chi connectivity index (χ4v) is 2.72. The van der Waals surface area contributed by atoms with Crippen molar-refractivity contribution in [1.82, 2.24) is 9.55 Å². The maximum atomic E-state index is 12.9. The molecule has 0 aliphatic carbocycles. The second-order valence-electron chi connectivity index (χ2n) is 6.19. The number of hydrogen-bond acceptors (Lipinski definition) is 3. The normalized spacial score (nSPS) is 12.6. The molecule has 0 saturated heterocycles. The summed E-state index contributed by atoms with van der Waals surface area (Å²) in [5, 5.41) is 3.00. The van der Waals surface area contributed by atoms with Crippen LogP contribution in [0.25, 0.3) is 5.69 Å². The third-order valence-corrected chi connectivity index (χ3v) is 4.24. The minimum absolute atomic E-state index is 0.0951. The van der Waals surface area contributed by atoms with Gasteiger partial charge in [0.25, 0.3) is 5.56 Å². The van der Waals surface area contributed by atoms with Crippen LogP contribution in [0.2, 0.25) is 0 Å². The smallest absolute Gasteiger partial charge is 0.365 e. The molecule has 4 nitrogen and oxygen atoms in total. The molecule has 2 aromatic carbocycles. The first kappa shape index (κ1) is 18.7. The standard InChI is InChI=1S/C20H18F3N3O/c1-14(15-6-3-2-4-7-15)13-25-18-19(27)26(11-10-24-18)17-9-5-8-16(12-17)20(21,22)23/h2-12,14H,13H2,1H3,(H,24,25)/t14-/m1/s1. The van der Waals surface area contributed by atoms with Gasteiger partial charge in [-0.15, -0.1) is 0 Å². The first-order valence-electron chi connectivity index (χ1n) is 8.40. The van der Waals surface area contributed by atoms with Gasteiger partial charge < -0.3 is 5.32 Å². The van der Waals surface area contributed by atoms with Crippen molar-refractivity contribution in [3.8, 4) is 5.69 Å². The third kappa shape index (κ3) is 4.36. The summed E-state index contributed by atoms with van der Waals surface area (Å²) in [4.78, 5) is 16.7. The Morgan fingerprint density at radius 2 is 1.85 bits per heavy atom. The van der Waals surface area contributed by atoms with E-state index in [4.69, 9.17) is 0 Å². The van der Waals surface area contributed by atoms with Crippen LogP contribution in [0, 0.1) is 0 Å². The molecule has 0 saturated carbocycles. The quantitative estimate of drug-likeness (QED) is 0.718. The second-order valence-corrected chi connectivity index (χ2v) is 6.19. The molecule has 0 radical (unpaired) electrons. The van der Waals surface area contributed by atoms with Crippen LogP contribution in [0.15, 0.2) is 71.8 Å². The Morgan fingerprint density at radius 3 is 2.56 bits per heavy atom. The maximum Gasteiger partial charge on any atom is 0.416 e. The highest BCUT2D eigenvalue weighted by Crippen LogP contribution is 2.30. The molecule has 1 heterocycles. The number of anilines is 1. The summed E-state index contributed by atoms with van der Waals surface area (Å²) in [6.45, 7) is 2.48. The zero-order valence-corrected chi connectivity index (χ0v) is 14.6. The van der Waals surface area contributed by atoms with Crippen LogP contribution in [-0.4, -0.2) is 16.1 Å². The molecule has 0 unspecified atom stereocenters. The summed E-state index contributed by atoms with van der Waals surface area (Å²) in [5.41, 5.74) is -0.0662. The average Bonchev–Trinajstić information content (AvgIpc) is 2.67. The summed E-state index contributed by atoms with van der Waals surface area (Å²) in [6.07, 6.45) is -1.74. The van der Waals surface area contributed by atoms with Crippen molar-refractivity contribution in [3.63, 3.8) is 0 Å². The Morgan fingerprint density at radius 1 is 1.11 bits per heavy atom. The largest absolute Gasteiger partial charge is 0.416 e. The zero-order chi connectivity index (χ0) is 19.4. The number of alkyl halides is 3. The molecule has 0 fully saturated rings. The van der Waals surface area contributed by atoms with E-state index in [1.165, 1.54) is 24.5 Å². The van der Waals surface area contributed by atoms with E-state index in [9.17, 15) is 18.0 Å². The van der Waals surface area contributed by atoms with Gasteiger partial charge in [-0.2, -0.15) is 13.2 Å². The van der Waals surface area contributed by atoms with E-state index in [1.807, 2.05) is 37.3 Å². The fraction of sp³-hybridized carbons (Fsp3) is 0.200. The summed E-state index contributed by atoms with van der Waals surface area (Å²) in [7, 11) is 0. The first-order valence-corrected chi connectivity index (χ1v) is 8.40. The van der Waals surface area contributed by atoms with Gasteiger partial charge in [0.2, 0.25) is 0 Å². The van der Waals surface area contributed by atoms with E-state index in [1.54, 1.807) is 0 Å². The number of rotatable bonds is 5. The molecule has 3 aromatic rings. The van der Waals surface area contributed by atoms with Crippen LogP contribution in [0.1, 0.15) is 24.0 Å². The number of benzene rings is 2. The number of aromatic nitrogens is 2. The number of nitrogens with zero attached hydrogens (tertiary/aromatic N) is 2. The van der Waals surface area contributed by atoms with E-state index in [-0.39, 0.29) is 17.4 Å². The number of halogens is 3. The van der Waals surface area contributed by atoms with Crippen molar-refractivity contribution in [1.29, 1.82) is 0 Å². The third-order valence-electron chi connectivity index (χ3n) is 4.24. The van der Waals surface area contributed by atoms with Gasteiger partial charge in [-0.05, 0) is 29.7 Å². The van der Waals surface area contributed by atoms with Gasteiger partial charge in [0.1, 0.15) is 0 Å². The summed E-state index contributed by atoms with van der Waals surface area (Å²) >= 11 is 0. The van der Waals surface area contributed by atoms with Crippen LogP contribution in [0.3, 0.4) is 0 Å². The lowest BCUT2D eigenvalue weighted by molar-refractivity contribution is -0.137. The molecule has 0 spiro atoms. The Balaban J connectivity index is 1.84. The molecular weight excluding hydrogens is 355 g/mol. The minimum atomic E-state index is -4.47. The van der Waals surface area contributed by atoms with Crippen LogP contribution in [0.5, 0.6) is 0 Å². The van der Waals surface area contributed by atoms with E-state index in [0.717, 1.165) is 22.3 Å². The molecule has 0 bridgehead atoms. The highest BCUT2D eigenvalue weighted by molar-refractivity contribution is 5.41. The maximum absolute atomic E-state index is 12.9. The molecule has 1 N–H and O–H groups in total. The first-order chi connectivity index (χ1) is 12.9. The van der Waals surface area contributed by atoms with Crippen LogP contribution in [-0.2, 0) is 6.18 Å². The zero-order valence-electron chi connectivity index (χ0n) is 14.6. The Hall–Kier alpha value is -3.09. The minimum Gasteiger partial charge on any atom is -0.365 e. The SMILES string of the molecule is C[C@H](CNc1nccn(-c2cccc(C(F)(F)F)c2)c1=O)c1ccccc1. The van der Waals surface area contributed by atoms with Gasteiger partial charge in [0, 0.05) is 24.6 Å². The molecular formula is C20H18F3N3O. The van der Waals surface area contributed by atoms with Gasteiger partial charge in [-0.25, -0.2) is 4.98 Å². The van der Waals surface area contributed by atoms with Gasteiger partial charge in [-0.1, -0.05) is 43.3 Å². The van der Waals surface area contributed by atoms with Crippen molar-refractivity contribution >= 4 is 5.82 Å². The summed E-state index contributed by atoms with van der Waals surface area (Å²) in [6, 6.07) is 14.4. The molecule has 7 heteroatoms. The topological polar surface area (TPSA) is 46.9 Å². The summed E-state index contributed by atoms with van der Waals surface area (Å²) < 4.78 is 39.9.